The number of hydrogen-bond acceptors (Lipinski definition) is 2. The quantitative estimate of drug-likeness (QED) is 0.643. The van der Waals surface area contributed by atoms with Gasteiger partial charge in [0.05, 0.1) is 12.6 Å². The SMILES string of the molecule is COc1ccc(C=O)c2c3ccccc3n(C)c12. The Kier molecular flexibility index (Phi) is 2.33. The molecule has 0 aliphatic rings. The number of aldehydes is 1. The topological polar surface area (TPSA) is 31.2 Å². The van der Waals surface area contributed by atoms with Crippen molar-refractivity contribution in [3.8, 4) is 5.75 Å². The fourth-order valence-electron chi connectivity index (χ4n) is 2.56. The zero-order chi connectivity index (χ0) is 12.7. The molecule has 0 bridgehead atoms. The first-order valence-corrected chi connectivity index (χ1v) is 5.77. The Morgan fingerprint density at radius 2 is 1.94 bits per heavy atom. The number of carbonyl (C=O) groups is 1. The van der Waals surface area contributed by atoms with Crippen molar-refractivity contribution in [3.63, 3.8) is 0 Å². The first-order chi connectivity index (χ1) is 8.77. The molecule has 3 heteroatoms. The molecule has 0 fully saturated rings. The van der Waals surface area contributed by atoms with Crippen molar-refractivity contribution in [1.82, 2.24) is 4.57 Å². The molecule has 1 heterocycles. The Morgan fingerprint density at radius 3 is 2.67 bits per heavy atom. The molecule has 0 spiro atoms. The van der Waals surface area contributed by atoms with Gasteiger partial charge in [-0.1, -0.05) is 18.2 Å². The van der Waals surface area contributed by atoms with Gasteiger partial charge in [-0.2, -0.15) is 0 Å². The molecular formula is C15H13NO2. The number of rotatable bonds is 2. The van der Waals surface area contributed by atoms with Gasteiger partial charge in [-0.3, -0.25) is 4.79 Å². The standard InChI is InChI=1S/C15H13NO2/c1-16-12-6-4-3-5-11(12)14-10(9-17)7-8-13(18-2)15(14)16/h3-9H,1-2H3. The minimum atomic E-state index is 0.697. The van der Waals surface area contributed by atoms with E-state index in [9.17, 15) is 4.79 Å². The highest BCUT2D eigenvalue weighted by Crippen LogP contribution is 2.35. The summed E-state index contributed by atoms with van der Waals surface area (Å²) < 4.78 is 7.47. The Labute approximate surface area is 105 Å². The Bertz CT molecular complexity index is 756. The van der Waals surface area contributed by atoms with Crippen molar-refractivity contribution < 1.29 is 9.53 Å². The molecule has 1 aromatic heterocycles. The molecule has 0 radical (unpaired) electrons. The maximum atomic E-state index is 11.2. The fourth-order valence-corrected chi connectivity index (χ4v) is 2.56. The van der Waals surface area contributed by atoms with Crippen molar-refractivity contribution in [2.45, 2.75) is 0 Å². The lowest BCUT2D eigenvalue weighted by Crippen LogP contribution is -1.92. The van der Waals surface area contributed by atoms with Gasteiger partial charge < -0.3 is 9.30 Å². The van der Waals surface area contributed by atoms with Crippen LogP contribution in [-0.2, 0) is 7.05 Å². The molecule has 0 saturated carbocycles. The average Bonchev–Trinajstić information content (AvgIpc) is 2.73. The second-order valence-corrected chi connectivity index (χ2v) is 4.27. The molecule has 0 N–H and O–H groups in total. The van der Waals surface area contributed by atoms with Gasteiger partial charge >= 0.3 is 0 Å². The van der Waals surface area contributed by atoms with E-state index in [-0.39, 0.29) is 0 Å². The molecule has 0 amide bonds. The van der Waals surface area contributed by atoms with E-state index in [0.717, 1.165) is 33.8 Å². The highest BCUT2D eigenvalue weighted by atomic mass is 16.5. The summed E-state index contributed by atoms with van der Waals surface area (Å²) in [5, 5.41) is 2.04. The molecule has 90 valence electrons. The minimum Gasteiger partial charge on any atom is -0.495 e. The summed E-state index contributed by atoms with van der Waals surface area (Å²) in [4.78, 5) is 11.2. The van der Waals surface area contributed by atoms with Crippen LogP contribution in [0, 0.1) is 0 Å². The lowest BCUT2D eigenvalue weighted by molar-refractivity contribution is 0.112. The maximum Gasteiger partial charge on any atom is 0.150 e. The van der Waals surface area contributed by atoms with E-state index in [1.54, 1.807) is 13.2 Å². The Hall–Kier alpha value is -2.29. The van der Waals surface area contributed by atoms with Gasteiger partial charge in [0.1, 0.15) is 5.75 Å². The van der Waals surface area contributed by atoms with Crippen LogP contribution in [0.1, 0.15) is 10.4 Å². The Morgan fingerprint density at radius 1 is 1.17 bits per heavy atom. The largest absolute Gasteiger partial charge is 0.495 e. The van der Waals surface area contributed by atoms with E-state index in [4.69, 9.17) is 4.74 Å². The maximum absolute atomic E-state index is 11.2. The third-order valence-electron chi connectivity index (χ3n) is 3.39. The van der Waals surface area contributed by atoms with E-state index in [2.05, 4.69) is 4.57 Å². The van der Waals surface area contributed by atoms with Crippen LogP contribution in [-0.4, -0.2) is 18.0 Å². The van der Waals surface area contributed by atoms with E-state index in [0.29, 0.717) is 5.56 Å². The zero-order valence-electron chi connectivity index (χ0n) is 10.3. The number of benzene rings is 2. The number of nitrogens with zero attached hydrogens (tertiary/aromatic N) is 1. The van der Waals surface area contributed by atoms with Crippen LogP contribution in [0.25, 0.3) is 21.8 Å². The second-order valence-electron chi connectivity index (χ2n) is 4.27. The normalized spacial score (nSPS) is 11.0. The molecule has 0 aliphatic heterocycles. The first kappa shape index (κ1) is 10.8. The Balaban J connectivity index is 2.65. The molecule has 0 atom stereocenters. The lowest BCUT2D eigenvalue weighted by Gasteiger charge is -2.05. The number of aromatic nitrogens is 1. The van der Waals surface area contributed by atoms with Crippen LogP contribution < -0.4 is 4.74 Å². The van der Waals surface area contributed by atoms with Gasteiger partial charge in [0, 0.05) is 28.9 Å². The van der Waals surface area contributed by atoms with Crippen molar-refractivity contribution in [2.75, 3.05) is 7.11 Å². The van der Waals surface area contributed by atoms with Gasteiger partial charge in [-0.25, -0.2) is 0 Å². The summed E-state index contributed by atoms with van der Waals surface area (Å²) in [5.41, 5.74) is 2.76. The number of methoxy groups -OCH3 is 1. The monoisotopic (exact) mass is 239 g/mol. The van der Waals surface area contributed by atoms with Crippen molar-refractivity contribution in [3.05, 3.63) is 42.0 Å². The van der Waals surface area contributed by atoms with Crippen molar-refractivity contribution in [2.24, 2.45) is 7.05 Å². The van der Waals surface area contributed by atoms with Crippen molar-refractivity contribution in [1.29, 1.82) is 0 Å². The first-order valence-electron chi connectivity index (χ1n) is 5.77. The predicted octanol–water partition coefficient (Wildman–Crippen LogP) is 3.15. The summed E-state index contributed by atoms with van der Waals surface area (Å²) in [7, 11) is 3.63. The van der Waals surface area contributed by atoms with Crippen LogP contribution in [0.5, 0.6) is 5.75 Å². The number of aryl methyl sites for hydroxylation is 1. The van der Waals surface area contributed by atoms with Crippen LogP contribution in [0.4, 0.5) is 0 Å². The lowest BCUT2D eigenvalue weighted by atomic mass is 10.1. The molecule has 18 heavy (non-hydrogen) atoms. The molecule has 2 aromatic carbocycles. The highest BCUT2D eigenvalue weighted by Gasteiger charge is 2.15. The van der Waals surface area contributed by atoms with Gasteiger partial charge in [0.15, 0.2) is 6.29 Å². The fraction of sp³-hybridized carbons (Fsp3) is 0.133. The van der Waals surface area contributed by atoms with Crippen LogP contribution in [0.2, 0.25) is 0 Å². The van der Waals surface area contributed by atoms with E-state index >= 15 is 0 Å². The number of hydrogen-bond donors (Lipinski definition) is 0. The number of carbonyl (C=O) groups excluding carboxylic acids is 1. The average molecular weight is 239 g/mol. The molecule has 3 aromatic rings. The molecule has 3 rings (SSSR count). The number of fused-ring (bicyclic) bond motifs is 3. The van der Waals surface area contributed by atoms with E-state index < -0.39 is 0 Å². The molecular weight excluding hydrogens is 226 g/mol. The molecule has 3 nitrogen and oxygen atoms in total. The van der Waals surface area contributed by atoms with Gasteiger partial charge in [-0.15, -0.1) is 0 Å². The van der Waals surface area contributed by atoms with Crippen LogP contribution in [0.15, 0.2) is 36.4 Å². The number of para-hydroxylation sites is 1. The van der Waals surface area contributed by atoms with Crippen molar-refractivity contribution >= 4 is 28.1 Å². The summed E-state index contributed by atoms with van der Waals surface area (Å²) >= 11 is 0. The predicted molar refractivity (Wildman–Crippen MR) is 72.4 cm³/mol. The minimum absolute atomic E-state index is 0.697. The zero-order valence-corrected chi connectivity index (χ0v) is 10.3. The van der Waals surface area contributed by atoms with Gasteiger partial charge in [0.2, 0.25) is 0 Å². The molecule has 0 aliphatic carbocycles. The third-order valence-corrected chi connectivity index (χ3v) is 3.39. The molecule has 0 unspecified atom stereocenters. The summed E-state index contributed by atoms with van der Waals surface area (Å²) in [6.07, 6.45) is 0.897. The second kappa shape index (κ2) is 3.88. The van der Waals surface area contributed by atoms with Crippen LogP contribution in [0.3, 0.4) is 0 Å². The molecule has 0 saturated heterocycles. The summed E-state index contributed by atoms with van der Waals surface area (Å²) in [6, 6.07) is 11.7. The smallest absolute Gasteiger partial charge is 0.150 e. The van der Waals surface area contributed by atoms with Gasteiger partial charge in [-0.05, 0) is 18.2 Å². The van der Waals surface area contributed by atoms with Crippen LogP contribution >= 0.6 is 0 Å². The van der Waals surface area contributed by atoms with E-state index in [1.807, 2.05) is 37.4 Å². The summed E-state index contributed by atoms with van der Waals surface area (Å²) in [5.74, 6) is 0.786. The third kappa shape index (κ3) is 1.27. The number of ether oxygens (including phenoxy) is 1. The highest BCUT2D eigenvalue weighted by molar-refractivity contribution is 6.16. The van der Waals surface area contributed by atoms with Gasteiger partial charge in [0.25, 0.3) is 0 Å². The van der Waals surface area contributed by atoms with E-state index in [1.165, 1.54) is 0 Å². The summed E-state index contributed by atoms with van der Waals surface area (Å²) in [6.45, 7) is 0.